The van der Waals surface area contributed by atoms with Crippen LogP contribution in [0, 0.1) is 0 Å². The van der Waals surface area contributed by atoms with Crippen molar-refractivity contribution in [3.05, 3.63) is 70.4 Å². The van der Waals surface area contributed by atoms with E-state index in [4.69, 9.17) is 4.74 Å². The predicted molar refractivity (Wildman–Crippen MR) is 101 cm³/mol. The monoisotopic (exact) mass is 346 g/mol. The van der Waals surface area contributed by atoms with Gasteiger partial charge < -0.3 is 9.72 Å². The SMILES string of the molecule is COC(=O)[C@H]1Cc2c([nH]c3ccccc23)[C@@H](c2ccc3c(c2)CCC3)N1. The molecule has 0 spiro atoms. The molecule has 26 heavy (non-hydrogen) atoms. The maximum Gasteiger partial charge on any atom is 0.323 e. The zero-order chi connectivity index (χ0) is 17.7. The summed E-state index contributed by atoms with van der Waals surface area (Å²) in [7, 11) is 1.46. The van der Waals surface area contributed by atoms with Crippen LogP contribution < -0.4 is 5.32 Å². The summed E-state index contributed by atoms with van der Waals surface area (Å²) >= 11 is 0. The molecule has 5 rings (SSSR count). The van der Waals surface area contributed by atoms with Gasteiger partial charge in [0.25, 0.3) is 0 Å². The molecule has 1 aliphatic carbocycles. The molecule has 0 saturated carbocycles. The van der Waals surface area contributed by atoms with Gasteiger partial charge in [-0.05, 0) is 47.6 Å². The summed E-state index contributed by atoms with van der Waals surface area (Å²) in [5.41, 5.74) is 7.64. The van der Waals surface area contributed by atoms with Gasteiger partial charge in [-0.3, -0.25) is 10.1 Å². The molecule has 4 heteroatoms. The average molecular weight is 346 g/mol. The van der Waals surface area contributed by atoms with Crippen LogP contribution in [0.2, 0.25) is 0 Å². The van der Waals surface area contributed by atoms with Gasteiger partial charge in [-0.15, -0.1) is 0 Å². The third-order valence-electron chi connectivity index (χ3n) is 5.85. The Balaban J connectivity index is 1.65. The quantitative estimate of drug-likeness (QED) is 0.699. The molecular weight excluding hydrogens is 324 g/mol. The number of carbonyl (C=O) groups excluding carboxylic acids is 1. The smallest absolute Gasteiger partial charge is 0.323 e. The van der Waals surface area contributed by atoms with Gasteiger partial charge in [0.05, 0.1) is 13.2 Å². The summed E-state index contributed by atoms with van der Waals surface area (Å²) in [4.78, 5) is 15.9. The zero-order valence-electron chi connectivity index (χ0n) is 14.8. The van der Waals surface area contributed by atoms with Crippen molar-refractivity contribution in [1.29, 1.82) is 0 Å². The van der Waals surface area contributed by atoms with E-state index >= 15 is 0 Å². The molecule has 0 saturated heterocycles. The van der Waals surface area contributed by atoms with Crippen molar-refractivity contribution in [3.8, 4) is 0 Å². The molecule has 0 bridgehead atoms. The number of aromatic nitrogens is 1. The normalized spacial score (nSPS) is 21.4. The minimum absolute atomic E-state index is 0.0267. The first-order valence-corrected chi connectivity index (χ1v) is 9.29. The van der Waals surface area contributed by atoms with E-state index in [1.165, 1.54) is 53.3 Å². The molecule has 2 heterocycles. The Bertz CT molecular complexity index is 1000. The van der Waals surface area contributed by atoms with Gasteiger partial charge in [-0.2, -0.15) is 0 Å². The summed E-state index contributed by atoms with van der Waals surface area (Å²) in [6, 6.07) is 14.7. The van der Waals surface area contributed by atoms with Crippen molar-refractivity contribution in [3.63, 3.8) is 0 Å². The lowest BCUT2D eigenvalue weighted by Gasteiger charge is -2.30. The highest BCUT2D eigenvalue weighted by molar-refractivity contribution is 5.87. The molecule has 1 aliphatic heterocycles. The van der Waals surface area contributed by atoms with Crippen molar-refractivity contribution < 1.29 is 9.53 Å². The van der Waals surface area contributed by atoms with Gasteiger partial charge in [-0.25, -0.2) is 0 Å². The Kier molecular flexibility index (Phi) is 3.61. The molecule has 0 fully saturated rings. The first kappa shape index (κ1) is 15.6. The standard InChI is InChI=1S/C22H22N2O2/c1-26-22(25)19-12-17-16-7-2-3-8-18(16)23-21(17)20(24-19)15-10-9-13-5-4-6-14(13)11-15/h2-3,7-11,19-20,23-24H,4-6,12H2,1H3/t19-,20-/m1/s1. The number of benzene rings is 2. The van der Waals surface area contributed by atoms with Crippen molar-refractivity contribution in [1.82, 2.24) is 10.3 Å². The van der Waals surface area contributed by atoms with E-state index in [0.717, 1.165) is 11.9 Å². The Labute approximate surface area is 152 Å². The van der Waals surface area contributed by atoms with E-state index in [1.54, 1.807) is 0 Å². The number of ether oxygens (including phenoxy) is 1. The van der Waals surface area contributed by atoms with Crippen molar-refractivity contribution >= 4 is 16.9 Å². The van der Waals surface area contributed by atoms with Crippen LogP contribution in [0.15, 0.2) is 42.5 Å². The topological polar surface area (TPSA) is 54.1 Å². The predicted octanol–water partition coefficient (Wildman–Crippen LogP) is 3.43. The molecule has 2 N–H and O–H groups in total. The molecule has 0 amide bonds. The highest BCUT2D eigenvalue weighted by atomic mass is 16.5. The molecule has 0 radical (unpaired) electrons. The molecule has 4 nitrogen and oxygen atoms in total. The van der Waals surface area contributed by atoms with E-state index in [1.807, 2.05) is 6.07 Å². The Morgan fingerprint density at radius 3 is 2.85 bits per heavy atom. The molecule has 2 aliphatic rings. The second-order valence-electron chi connectivity index (χ2n) is 7.32. The lowest BCUT2D eigenvalue weighted by Crippen LogP contribution is -2.45. The number of nitrogens with one attached hydrogen (secondary N) is 2. The molecule has 3 aromatic rings. The van der Waals surface area contributed by atoms with Gasteiger partial charge in [0.15, 0.2) is 0 Å². The molecule has 2 atom stereocenters. The molecule has 1 aromatic heterocycles. The van der Waals surface area contributed by atoms with Crippen molar-refractivity contribution in [2.45, 2.75) is 37.8 Å². The maximum atomic E-state index is 12.3. The molecular formula is C22H22N2O2. The number of aryl methyl sites for hydroxylation is 2. The van der Waals surface area contributed by atoms with Crippen LogP contribution in [0.4, 0.5) is 0 Å². The molecule has 0 unspecified atom stereocenters. The molecule has 132 valence electrons. The van der Waals surface area contributed by atoms with Crippen LogP contribution in [-0.2, 0) is 28.8 Å². The fraction of sp³-hybridized carbons (Fsp3) is 0.318. The fourth-order valence-corrected chi connectivity index (χ4v) is 4.56. The Morgan fingerprint density at radius 2 is 1.96 bits per heavy atom. The Hall–Kier alpha value is -2.59. The summed E-state index contributed by atoms with van der Waals surface area (Å²) in [6.07, 6.45) is 4.21. The summed E-state index contributed by atoms with van der Waals surface area (Å²) in [6.45, 7) is 0. The number of methoxy groups -OCH3 is 1. The number of aromatic amines is 1. The van der Waals surface area contributed by atoms with E-state index in [2.05, 4.69) is 46.7 Å². The van der Waals surface area contributed by atoms with E-state index in [0.29, 0.717) is 6.42 Å². The largest absolute Gasteiger partial charge is 0.468 e. The highest BCUT2D eigenvalue weighted by Crippen LogP contribution is 2.36. The van der Waals surface area contributed by atoms with Crippen LogP contribution in [0.3, 0.4) is 0 Å². The van der Waals surface area contributed by atoms with Gasteiger partial charge in [0.1, 0.15) is 6.04 Å². The van der Waals surface area contributed by atoms with Crippen LogP contribution >= 0.6 is 0 Å². The van der Waals surface area contributed by atoms with Crippen LogP contribution in [0.1, 0.15) is 40.4 Å². The minimum Gasteiger partial charge on any atom is -0.468 e. The lowest BCUT2D eigenvalue weighted by molar-refractivity contribution is -0.143. The van der Waals surface area contributed by atoms with Crippen molar-refractivity contribution in [2.24, 2.45) is 0 Å². The van der Waals surface area contributed by atoms with Crippen LogP contribution in [-0.4, -0.2) is 24.1 Å². The fourth-order valence-electron chi connectivity index (χ4n) is 4.56. The molecule has 2 aromatic carbocycles. The highest BCUT2D eigenvalue weighted by Gasteiger charge is 2.34. The summed E-state index contributed by atoms with van der Waals surface area (Å²) < 4.78 is 5.04. The number of esters is 1. The van der Waals surface area contributed by atoms with Gasteiger partial charge in [0.2, 0.25) is 0 Å². The van der Waals surface area contributed by atoms with Crippen LogP contribution in [0.5, 0.6) is 0 Å². The van der Waals surface area contributed by atoms with E-state index in [-0.39, 0.29) is 18.1 Å². The number of fused-ring (bicyclic) bond motifs is 4. The van der Waals surface area contributed by atoms with Crippen molar-refractivity contribution in [2.75, 3.05) is 7.11 Å². The number of hydrogen-bond donors (Lipinski definition) is 2. The number of para-hydroxylation sites is 1. The van der Waals surface area contributed by atoms with E-state index < -0.39 is 0 Å². The first-order chi connectivity index (χ1) is 12.7. The Morgan fingerprint density at radius 1 is 1.12 bits per heavy atom. The maximum absolute atomic E-state index is 12.3. The number of carbonyl (C=O) groups is 1. The van der Waals surface area contributed by atoms with Crippen LogP contribution in [0.25, 0.3) is 10.9 Å². The second-order valence-corrected chi connectivity index (χ2v) is 7.32. The van der Waals surface area contributed by atoms with Gasteiger partial charge >= 0.3 is 5.97 Å². The zero-order valence-corrected chi connectivity index (χ0v) is 14.8. The third-order valence-corrected chi connectivity index (χ3v) is 5.85. The van der Waals surface area contributed by atoms with E-state index in [9.17, 15) is 4.79 Å². The second kappa shape index (κ2) is 5.99. The van der Waals surface area contributed by atoms with Gasteiger partial charge in [-0.1, -0.05) is 36.4 Å². The summed E-state index contributed by atoms with van der Waals surface area (Å²) in [5, 5.41) is 4.72. The number of H-pyrrole nitrogens is 1. The van der Waals surface area contributed by atoms with Gasteiger partial charge in [0, 0.05) is 23.0 Å². The summed E-state index contributed by atoms with van der Waals surface area (Å²) in [5.74, 6) is -0.202. The number of rotatable bonds is 2. The first-order valence-electron chi connectivity index (χ1n) is 9.29. The average Bonchev–Trinajstić information content (AvgIpc) is 3.30. The number of hydrogen-bond acceptors (Lipinski definition) is 3. The lowest BCUT2D eigenvalue weighted by atomic mass is 9.89. The minimum atomic E-state index is -0.329. The third kappa shape index (κ3) is 2.36.